The van der Waals surface area contributed by atoms with Gasteiger partial charge in [0.15, 0.2) is 0 Å². The van der Waals surface area contributed by atoms with Crippen LogP contribution in [0.15, 0.2) is 24.3 Å². The van der Waals surface area contributed by atoms with Crippen LogP contribution in [0.25, 0.3) is 0 Å². The summed E-state index contributed by atoms with van der Waals surface area (Å²) >= 11 is 0. The van der Waals surface area contributed by atoms with Crippen LogP contribution in [0.2, 0.25) is 0 Å². The summed E-state index contributed by atoms with van der Waals surface area (Å²) in [6, 6.07) is 4.86. The number of alkyl carbamates (subject to hydrolysis) is 1. The summed E-state index contributed by atoms with van der Waals surface area (Å²) in [5.74, 6) is -0.427. The highest BCUT2D eigenvalue weighted by Crippen LogP contribution is 2.15. The first-order chi connectivity index (χ1) is 12.6. The van der Waals surface area contributed by atoms with E-state index in [0.29, 0.717) is 18.7 Å². The third-order valence-electron chi connectivity index (χ3n) is 3.39. The molecule has 0 radical (unpaired) electrons. The molecule has 1 aromatic carbocycles. The first-order valence-corrected chi connectivity index (χ1v) is 8.74. The standard InChI is InChI=1S/C18H27N3O6/c1-6-20(26-7-2)16(22)15(19-17(23)27-18(3,4)5)12-13-8-10-14(11-9-13)21(24)25/h8-11,15H,6-7,12H2,1-5H3,(H,19,23). The monoisotopic (exact) mass is 381 g/mol. The van der Waals surface area contributed by atoms with Crippen LogP contribution in [0.3, 0.4) is 0 Å². The Morgan fingerprint density at radius 2 is 1.81 bits per heavy atom. The number of nitrogens with zero attached hydrogens (tertiary/aromatic N) is 2. The fourth-order valence-electron chi connectivity index (χ4n) is 2.28. The van der Waals surface area contributed by atoms with Crippen LogP contribution in [0.1, 0.15) is 40.2 Å². The maximum atomic E-state index is 12.8. The lowest BCUT2D eigenvalue weighted by atomic mass is 10.0. The second-order valence-corrected chi connectivity index (χ2v) is 6.78. The Kier molecular flexibility index (Phi) is 8.17. The molecule has 9 nitrogen and oxygen atoms in total. The first-order valence-electron chi connectivity index (χ1n) is 8.74. The van der Waals surface area contributed by atoms with Crippen LogP contribution in [0.4, 0.5) is 10.5 Å². The Balaban J connectivity index is 2.99. The van der Waals surface area contributed by atoms with Gasteiger partial charge in [-0.25, -0.2) is 9.86 Å². The highest BCUT2D eigenvalue weighted by Gasteiger charge is 2.28. The van der Waals surface area contributed by atoms with Crippen LogP contribution < -0.4 is 5.32 Å². The summed E-state index contributed by atoms with van der Waals surface area (Å²) < 4.78 is 5.23. The number of nitro benzene ring substituents is 1. The Morgan fingerprint density at radius 3 is 2.26 bits per heavy atom. The Bertz CT molecular complexity index is 654. The van der Waals surface area contributed by atoms with Gasteiger partial charge in [0.1, 0.15) is 11.6 Å². The molecule has 0 bridgehead atoms. The first kappa shape index (κ1) is 22.4. The molecule has 0 aliphatic heterocycles. The molecule has 0 saturated carbocycles. The van der Waals surface area contributed by atoms with E-state index in [1.807, 2.05) is 0 Å². The van der Waals surface area contributed by atoms with E-state index in [0.717, 1.165) is 0 Å². The number of non-ortho nitro benzene ring substituents is 1. The molecular formula is C18H27N3O6. The van der Waals surface area contributed by atoms with Crippen LogP contribution in [0, 0.1) is 10.1 Å². The minimum absolute atomic E-state index is 0.0498. The quantitative estimate of drug-likeness (QED) is 0.547. The molecule has 0 aliphatic rings. The number of hydrogen-bond acceptors (Lipinski definition) is 6. The maximum absolute atomic E-state index is 12.8. The van der Waals surface area contributed by atoms with Crippen molar-refractivity contribution in [3.63, 3.8) is 0 Å². The topological polar surface area (TPSA) is 111 Å². The number of amides is 2. The number of hydrogen-bond donors (Lipinski definition) is 1. The number of benzene rings is 1. The van der Waals surface area contributed by atoms with Gasteiger partial charge in [-0.15, -0.1) is 0 Å². The predicted molar refractivity (Wildman–Crippen MR) is 99.0 cm³/mol. The zero-order valence-electron chi connectivity index (χ0n) is 16.4. The molecule has 1 N–H and O–H groups in total. The Morgan fingerprint density at radius 1 is 1.22 bits per heavy atom. The molecule has 27 heavy (non-hydrogen) atoms. The van der Waals surface area contributed by atoms with E-state index in [9.17, 15) is 19.7 Å². The summed E-state index contributed by atoms with van der Waals surface area (Å²) in [7, 11) is 0. The minimum Gasteiger partial charge on any atom is -0.444 e. The molecule has 9 heteroatoms. The van der Waals surface area contributed by atoms with Crippen LogP contribution >= 0.6 is 0 Å². The van der Waals surface area contributed by atoms with Gasteiger partial charge < -0.3 is 10.1 Å². The van der Waals surface area contributed by atoms with Gasteiger partial charge >= 0.3 is 6.09 Å². The zero-order valence-corrected chi connectivity index (χ0v) is 16.4. The number of carbonyl (C=O) groups excluding carboxylic acids is 2. The Hall–Kier alpha value is -2.68. The van der Waals surface area contributed by atoms with Gasteiger partial charge in [-0.1, -0.05) is 12.1 Å². The molecule has 0 heterocycles. The molecule has 1 unspecified atom stereocenters. The molecule has 0 saturated heterocycles. The van der Waals surface area contributed by atoms with Crippen molar-refractivity contribution in [3.8, 4) is 0 Å². The van der Waals surface area contributed by atoms with Gasteiger partial charge in [0.25, 0.3) is 11.6 Å². The van der Waals surface area contributed by atoms with Gasteiger partial charge in [-0.3, -0.25) is 19.7 Å². The van der Waals surface area contributed by atoms with Gasteiger partial charge in [-0.2, -0.15) is 0 Å². The van der Waals surface area contributed by atoms with Crippen LogP contribution in [-0.2, 0) is 20.8 Å². The zero-order chi connectivity index (χ0) is 20.6. The van der Waals surface area contributed by atoms with E-state index in [1.165, 1.54) is 17.2 Å². The van der Waals surface area contributed by atoms with Crippen molar-refractivity contribution in [2.75, 3.05) is 13.2 Å². The van der Waals surface area contributed by atoms with E-state index in [1.54, 1.807) is 46.8 Å². The summed E-state index contributed by atoms with van der Waals surface area (Å²) in [4.78, 5) is 40.5. The number of ether oxygens (including phenoxy) is 1. The maximum Gasteiger partial charge on any atom is 0.408 e. The van der Waals surface area contributed by atoms with Crippen molar-refractivity contribution in [3.05, 3.63) is 39.9 Å². The third-order valence-corrected chi connectivity index (χ3v) is 3.39. The number of nitrogens with one attached hydrogen (secondary N) is 1. The highest BCUT2D eigenvalue weighted by molar-refractivity contribution is 5.85. The van der Waals surface area contributed by atoms with Crippen molar-refractivity contribution >= 4 is 17.7 Å². The fourth-order valence-corrected chi connectivity index (χ4v) is 2.28. The second kappa shape index (κ2) is 9.86. The minimum atomic E-state index is -0.937. The van der Waals surface area contributed by atoms with Crippen LogP contribution in [0.5, 0.6) is 0 Å². The molecule has 1 atom stereocenters. The number of hydroxylamine groups is 2. The van der Waals surface area contributed by atoms with Gasteiger partial charge in [0.05, 0.1) is 11.5 Å². The summed E-state index contributed by atoms with van der Waals surface area (Å²) in [6.07, 6.45) is -0.588. The lowest BCUT2D eigenvalue weighted by molar-refractivity contribution is -0.384. The lowest BCUT2D eigenvalue weighted by Crippen LogP contribution is -2.50. The smallest absolute Gasteiger partial charge is 0.408 e. The number of rotatable bonds is 8. The Labute approximate surface area is 158 Å². The van der Waals surface area contributed by atoms with Crippen molar-refractivity contribution in [1.29, 1.82) is 0 Å². The van der Waals surface area contributed by atoms with Crippen molar-refractivity contribution in [2.24, 2.45) is 0 Å². The largest absolute Gasteiger partial charge is 0.444 e. The van der Waals surface area contributed by atoms with Crippen LogP contribution in [-0.4, -0.2) is 46.8 Å². The fraction of sp³-hybridized carbons (Fsp3) is 0.556. The van der Waals surface area contributed by atoms with E-state index in [2.05, 4.69) is 5.32 Å². The highest BCUT2D eigenvalue weighted by atomic mass is 16.7. The van der Waals surface area contributed by atoms with E-state index in [-0.39, 0.29) is 12.1 Å². The molecule has 0 spiro atoms. The molecule has 2 amide bonds. The van der Waals surface area contributed by atoms with Gasteiger partial charge in [-0.05, 0) is 40.2 Å². The van der Waals surface area contributed by atoms with E-state index >= 15 is 0 Å². The molecule has 0 aliphatic carbocycles. The van der Waals surface area contributed by atoms with Crippen molar-refractivity contribution in [2.45, 2.75) is 52.7 Å². The van der Waals surface area contributed by atoms with Crippen molar-refractivity contribution < 1.29 is 24.1 Å². The van der Waals surface area contributed by atoms with Gasteiger partial charge in [0.2, 0.25) is 0 Å². The number of likely N-dealkylation sites (N-methyl/N-ethyl adjacent to an activating group) is 1. The SMILES string of the molecule is CCON(CC)C(=O)C(Cc1ccc([N+](=O)[O-])cc1)NC(=O)OC(C)(C)C. The molecule has 1 rings (SSSR count). The molecule has 150 valence electrons. The molecule has 0 fully saturated rings. The lowest BCUT2D eigenvalue weighted by Gasteiger charge is -2.27. The second-order valence-electron chi connectivity index (χ2n) is 6.78. The average molecular weight is 381 g/mol. The molecule has 1 aromatic rings. The van der Waals surface area contributed by atoms with Crippen molar-refractivity contribution in [1.82, 2.24) is 10.4 Å². The summed E-state index contributed by atoms with van der Waals surface area (Å²) in [5.41, 5.74) is -0.108. The van der Waals surface area contributed by atoms with E-state index < -0.39 is 28.6 Å². The van der Waals surface area contributed by atoms with Gasteiger partial charge in [0, 0.05) is 25.1 Å². The number of carbonyl (C=O) groups is 2. The third kappa shape index (κ3) is 7.61. The molecular weight excluding hydrogens is 354 g/mol. The predicted octanol–water partition coefficient (Wildman–Crippen LogP) is 2.83. The normalized spacial score (nSPS) is 12.2. The number of nitro groups is 1. The van der Waals surface area contributed by atoms with E-state index in [4.69, 9.17) is 9.57 Å². The summed E-state index contributed by atoms with van der Waals surface area (Å²) in [6.45, 7) is 9.27. The molecule has 0 aromatic heterocycles. The average Bonchev–Trinajstić information content (AvgIpc) is 2.57. The summed E-state index contributed by atoms with van der Waals surface area (Å²) in [5, 5.41) is 14.5.